The number of anilines is 1. The lowest BCUT2D eigenvalue weighted by atomic mass is 10.2. The number of nitrogens with zero attached hydrogens (tertiary/aromatic N) is 1. The van der Waals surface area contributed by atoms with Gasteiger partial charge in [-0.1, -0.05) is 36.7 Å². The van der Waals surface area contributed by atoms with Crippen LogP contribution in [0.1, 0.15) is 29.4 Å². The highest BCUT2D eigenvalue weighted by Gasteiger charge is 2.19. The standard InChI is InChI=1S/C17H20ClN3O2/c1-3-8-21(17(23)15-9-13(18)10-19-15)11-16(22)20-14-7-5-4-6-12(14)2/h4-7,9-10,19H,3,8,11H2,1-2H3,(H,20,22). The summed E-state index contributed by atoms with van der Waals surface area (Å²) >= 11 is 5.84. The highest BCUT2D eigenvalue weighted by atomic mass is 35.5. The zero-order chi connectivity index (χ0) is 16.8. The number of nitrogens with one attached hydrogen (secondary N) is 2. The third kappa shape index (κ3) is 4.60. The Balaban J connectivity index is 2.05. The number of H-pyrrole nitrogens is 1. The van der Waals surface area contributed by atoms with E-state index in [2.05, 4.69) is 10.3 Å². The minimum absolute atomic E-state index is 0.00233. The first-order valence-electron chi connectivity index (χ1n) is 7.50. The molecular formula is C17H20ClN3O2. The summed E-state index contributed by atoms with van der Waals surface area (Å²) in [4.78, 5) is 29.0. The summed E-state index contributed by atoms with van der Waals surface area (Å²) in [5, 5.41) is 3.31. The number of aromatic amines is 1. The van der Waals surface area contributed by atoms with E-state index in [1.54, 1.807) is 12.3 Å². The van der Waals surface area contributed by atoms with Gasteiger partial charge < -0.3 is 15.2 Å². The molecule has 122 valence electrons. The summed E-state index contributed by atoms with van der Waals surface area (Å²) < 4.78 is 0. The van der Waals surface area contributed by atoms with Gasteiger partial charge in [0, 0.05) is 18.4 Å². The fraction of sp³-hybridized carbons (Fsp3) is 0.294. The van der Waals surface area contributed by atoms with Crippen molar-refractivity contribution in [1.82, 2.24) is 9.88 Å². The van der Waals surface area contributed by atoms with Crippen LogP contribution in [-0.2, 0) is 4.79 Å². The quantitative estimate of drug-likeness (QED) is 0.850. The van der Waals surface area contributed by atoms with E-state index in [0.29, 0.717) is 17.3 Å². The highest BCUT2D eigenvalue weighted by molar-refractivity contribution is 6.31. The average Bonchev–Trinajstić information content (AvgIpc) is 2.95. The molecule has 1 aromatic heterocycles. The van der Waals surface area contributed by atoms with Gasteiger partial charge in [-0.3, -0.25) is 9.59 Å². The van der Waals surface area contributed by atoms with Crippen LogP contribution in [0.5, 0.6) is 0 Å². The van der Waals surface area contributed by atoms with Crippen molar-refractivity contribution in [2.75, 3.05) is 18.4 Å². The maximum atomic E-state index is 12.5. The van der Waals surface area contributed by atoms with Crippen LogP contribution in [0.2, 0.25) is 5.02 Å². The summed E-state index contributed by atoms with van der Waals surface area (Å²) in [5.74, 6) is -0.461. The fourth-order valence-electron chi connectivity index (χ4n) is 2.26. The molecule has 0 saturated heterocycles. The van der Waals surface area contributed by atoms with E-state index < -0.39 is 0 Å². The van der Waals surface area contributed by atoms with Gasteiger partial charge >= 0.3 is 0 Å². The molecule has 0 aliphatic carbocycles. The van der Waals surface area contributed by atoms with Gasteiger partial charge in [-0.25, -0.2) is 0 Å². The van der Waals surface area contributed by atoms with E-state index in [-0.39, 0.29) is 18.4 Å². The number of benzene rings is 1. The molecule has 0 unspecified atom stereocenters. The van der Waals surface area contributed by atoms with Crippen molar-refractivity contribution in [1.29, 1.82) is 0 Å². The molecule has 2 rings (SSSR count). The van der Waals surface area contributed by atoms with Gasteiger partial charge in [0.25, 0.3) is 5.91 Å². The second-order valence-electron chi connectivity index (χ2n) is 5.32. The van der Waals surface area contributed by atoms with E-state index in [0.717, 1.165) is 17.7 Å². The van der Waals surface area contributed by atoms with Gasteiger partial charge in [0.2, 0.25) is 5.91 Å². The summed E-state index contributed by atoms with van der Waals surface area (Å²) in [7, 11) is 0. The maximum Gasteiger partial charge on any atom is 0.270 e. The molecule has 0 aliphatic rings. The number of rotatable bonds is 6. The first kappa shape index (κ1) is 17.1. The number of halogens is 1. The number of aromatic nitrogens is 1. The lowest BCUT2D eigenvalue weighted by Crippen LogP contribution is -2.38. The summed E-state index contributed by atoms with van der Waals surface area (Å²) in [5.41, 5.74) is 2.11. The first-order chi connectivity index (χ1) is 11.0. The van der Waals surface area contributed by atoms with E-state index in [1.165, 1.54) is 4.90 Å². The number of carbonyl (C=O) groups excluding carboxylic acids is 2. The van der Waals surface area contributed by atoms with Crippen molar-refractivity contribution in [3.05, 3.63) is 52.8 Å². The predicted octanol–water partition coefficient (Wildman–Crippen LogP) is 3.47. The van der Waals surface area contributed by atoms with Crippen molar-refractivity contribution < 1.29 is 9.59 Å². The highest BCUT2D eigenvalue weighted by Crippen LogP contribution is 2.14. The number of para-hydroxylation sites is 1. The van der Waals surface area contributed by atoms with Gasteiger partial charge in [-0.15, -0.1) is 0 Å². The second-order valence-corrected chi connectivity index (χ2v) is 5.76. The molecule has 0 aliphatic heterocycles. The van der Waals surface area contributed by atoms with Crippen molar-refractivity contribution in [3.63, 3.8) is 0 Å². The number of aryl methyl sites for hydroxylation is 1. The smallest absolute Gasteiger partial charge is 0.270 e. The molecule has 5 nitrogen and oxygen atoms in total. The number of carbonyl (C=O) groups is 2. The molecule has 0 saturated carbocycles. The van der Waals surface area contributed by atoms with Crippen LogP contribution in [0.15, 0.2) is 36.5 Å². The Morgan fingerprint density at radius 2 is 2.04 bits per heavy atom. The molecule has 6 heteroatoms. The van der Waals surface area contributed by atoms with E-state index in [1.807, 2.05) is 38.1 Å². The van der Waals surface area contributed by atoms with Crippen LogP contribution in [0, 0.1) is 6.92 Å². The third-order valence-electron chi connectivity index (χ3n) is 3.41. The Morgan fingerprint density at radius 1 is 1.30 bits per heavy atom. The van der Waals surface area contributed by atoms with E-state index in [4.69, 9.17) is 11.6 Å². The molecule has 23 heavy (non-hydrogen) atoms. The van der Waals surface area contributed by atoms with E-state index in [9.17, 15) is 9.59 Å². The largest absolute Gasteiger partial charge is 0.356 e. The second kappa shape index (κ2) is 7.83. The number of hydrogen-bond acceptors (Lipinski definition) is 2. The van der Waals surface area contributed by atoms with Crippen LogP contribution in [0.25, 0.3) is 0 Å². The summed E-state index contributed by atoms with van der Waals surface area (Å²) in [6, 6.07) is 9.09. The van der Waals surface area contributed by atoms with Crippen molar-refractivity contribution in [2.45, 2.75) is 20.3 Å². The van der Waals surface area contributed by atoms with Crippen LogP contribution in [0.4, 0.5) is 5.69 Å². The predicted molar refractivity (Wildman–Crippen MR) is 91.8 cm³/mol. The molecular weight excluding hydrogens is 314 g/mol. The maximum absolute atomic E-state index is 12.5. The Labute approximate surface area is 140 Å². The Bertz CT molecular complexity index is 697. The zero-order valence-electron chi connectivity index (χ0n) is 13.2. The molecule has 2 aromatic rings. The minimum atomic E-state index is -0.237. The molecule has 1 aromatic carbocycles. The minimum Gasteiger partial charge on any atom is -0.356 e. The number of hydrogen-bond donors (Lipinski definition) is 2. The molecule has 1 heterocycles. The van der Waals surface area contributed by atoms with Crippen LogP contribution in [-0.4, -0.2) is 34.8 Å². The molecule has 2 N–H and O–H groups in total. The molecule has 0 bridgehead atoms. The van der Waals surface area contributed by atoms with Gasteiger partial charge in [0.1, 0.15) is 12.2 Å². The fourth-order valence-corrected chi connectivity index (χ4v) is 2.42. The van der Waals surface area contributed by atoms with Crippen LogP contribution in [0.3, 0.4) is 0 Å². The van der Waals surface area contributed by atoms with Crippen molar-refractivity contribution in [3.8, 4) is 0 Å². The molecule has 0 fully saturated rings. The SMILES string of the molecule is CCCN(CC(=O)Nc1ccccc1C)C(=O)c1cc(Cl)c[nH]1. The third-order valence-corrected chi connectivity index (χ3v) is 3.63. The van der Waals surface area contributed by atoms with Crippen LogP contribution < -0.4 is 5.32 Å². The summed E-state index contributed by atoms with van der Waals surface area (Å²) in [6.07, 6.45) is 2.31. The number of amides is 2. The Morgan fingerprint density at radius 3 is 2.65 bits per heavy atom. The lowest BCUT2D eigenvalue weighted by Gasteiger charge is -2.21. The van der Waals surface area contributed by atoms with Crippen molar-refractivity contribution in [2.24, 2.45) is 0 Å². The molecule has 0 spiro atoms. The average molecular weight is 334 g/mol. The molecule has 0 radical (unpaired) electrons. The topological polar surface area (TPSA) is 65.2 Å². The van der Waals surface area contributed by atoms with Gasteiger partial charge in [0.05, 0.1) is 5.02 Å². The lowest BCUT2D eigenvalue weighted by molar-refractivity contribution is -0.116. The Hall–Kier alpha value is -2.27. The zero-order valence-corrected chi connectivity index (χ0v) is 14.0. The van der Waals surface area contributed by atoms with Crippen LogP contribution >= 0.6 is 11.6 Å². The normalized spacial score (nSPS) is 10.4. The molecule has 0 atom stereocenters. The van der Waals surface area contributed by atoms with Gasteiger partial charge in [-0.2, -0.15) is 0 Å². The molecule has 2 amide bonds. The first-order valence-corrected chi connectivity index (χ1v) is 7.87. The van der Waals surface area contributed by atoms with Crippen molar-refractivity contribution >= 4 is 29.1 Å². The van der Waals surface area contributed by atoms with E-state index >= 15 is 0 Å². The summed E-state index contributed by atoms with van der Waals surface area (Å²) in [6.45, 7) is 4.38. The monoisotopic (exact) mass is 333 g/mol. The Kier molecular flexibility index (Phi) is 5.82. The van der Waals surface area contributed by atoms with Gasteiger partial charge in [-0.05, 0) is 31.0 Å². The van der Waals surface area contributed by atoms with Gasteiger partial charge in [0.15, 0.2) is 0 Å².